The minimum absolute atomic E-state index is 0. The fourth-order valence-electron chi connectivity index (χ4n) is 1.61. The Balaban J connectivity index is 0.00000196. The zero-order valence-electron chi connectivity index (χ0n) is 8.95. The van der Waals surface area contributed by atoms with Crippen molar-refractivity contribution in [2.45, 2.75) is 32.2 Å². The molecule has 7 heteroatoms. The molecule has 0 saturated carbocycles. The first kappa shape index (κ1) is 15.1. The van der Waals surface area contributed by atoms with E-state index in [0.29, 0.717) is 19.1 Å². The van der Waals surface area contributed by atoms with Crippen LogP contribution in [0.2, 0.25) is 0 Å². The minimum Gasteiger partial charge on any atom is -0.314 e. The molecule has 0 aromatic rings. The third-order valence-electron chi connectivity index (χ3n) is 2.28. The maximum absolute atomic E-state index is 11.2. The lowest BCUT2D eigenvalue weighted by molar-refractivity contribution is 0.534. The van der Waals surface area contributed by atoms with Gasteiger partial charge in [0.25, 0.3) is 10.2 Å². The van der Waals surface area contributed by atoms with E-state index in [1.165, 1.54) is 6.42 Å². The standard InChI is InChI=1S/C8H19N3O2S.ClH/c1-2-10-14(12,13)11-7-5-8-4-3-6-9-8;/h8-11H,2-7H2,1H3;1H/t8-;/m1./s1. The second kappa shape index (κ2) is 7.40. The van der Waals surface area contributed by atoms with Gasteiger partial charge in [0.05, 0.1) is 0 Å². The van der Waals surface area contributed by atoms with Crippen molar-refractivity contribution in [2.24, 2.45) is 0 Å². The summed E-state index contributed by atoms with van der Waals surface area (Å²) in [5.41, 5.74) is 0. The molecule has 0 aromatic carbocycles. The highest BCUT2D eigenvalue weighted by Gasteiger charge is 2.14. The van der Waals surface area contributed by atoms with Gasteiger partial charge in [0.15, 0.2) is 0 Å². The Kier molecular flexibility index (Phi) is 7.46. The SMILES string of the molecule is CCNS(=O)(=O)NCC[C@H]1CCCN1.Cl. The number of halogens is 1. The zero-order valence-corrected chi connectivity index (χ0v) is 10.6. The Morgan fingerprint density at radius 3 is 2.67 bits per heavy atom. The first-order valence-electron chi connectivity index (χ1n) is 5.11. The van der Waals surface area contributed by atoms with Gasteiger partial charge in [-0.1, -0.05) is 6.92 Å². The molecule has 1 aliphatic rings. The smallest absolute Gasteiger partial charge is 0.276 e. The van der Waals surface area contributed by atoms with Gasteiger partial charge < -0.3 is 5.32 Å². The monoisotopic (exact) mass is 257 g/mol. The van der Waals surface area contributed by atoms with Crippen LogP contribution in [0.4, 0.5) is 0 Å². The summed E-state index contributed by atoms with van der Waals surface area (Å²) in [6.45, 7) is 3.76. The quantitative estimate of drug-likeness (QED) is 0.627. The van der Waals surface area contributed by atoms with Crippen molar-refractivity contribution in [3.05, 3.63) is 0 Å². The molecule has 0 radical (unpaired) electrons. The lowest BCUT2D eigenvalue weighted by Gasteiger charge is -2.10. The first-order valence-corrected chi connectivity index (χ1v) is 6.60. The maximum atomic E-state index is 11.2. The van der Waals surface area contributed by atoms with Crippen LogP contribution in [0.25, 0.3) is 0 Å². The van der Waals surface area contributed by atoms with Crippen molar-refractivity contribution < 1.29 is 8.42 Å². The van der Waals surface area contributed by atoms with Gasteiger partial charge in [-0.2, -0.15) is 8.42 Å². The number of hydrogen-bond acceptors (Lipinski definition) is 3. The molecule has 0 spiro atoms. The Hall–Kier alpha value is 0.120. The predicted molar refractivity (Wildman–Crippen MR) is 63.5 cm³/mol. The maximum Gasteiger partial charge on any atom is 0.276 e. The highest BCUT2D eigenvalue weighted by molar-refractivity contribution is 7.87. The summed E-state index contributed by atoms with van der Waals surface area (Å²) < 4.78 is 27.2. The molecular weight excluding hydrogens is 238 g/mol. The molecule has 1 atom stereocenters. The molecule has 0 aliphatic carbocycles. The Labute approximate surface area is 98.0 Å². The summed E-state index contributed by atoms with van der Waals surface area (Å²) in [5.74, 6) is 0. The van der Waals surface area contributed by atoms with Crippen LogP contribution in [0.15, 0.2) is 0 Å². The largest absolute Gasteiger partial charge is 0.314 e. The van der Waals surface area contributed by atoms with Gasteiger partial charge in [-0.05, 0) is 25.8 Å². The molecule has 0 bridgehead atoms. The molecule has 1 rings (SSSR count). The average molecular weight is 258 g/mol. The second-order valence-corrected chi connectivity index (χ2v) is 5.06. The zero-order chi connectivity index (χ0) is 10.4. The van der Waals surface area contributed by atoms with E-state index in [1.807, 2.05) is 0 Å². The van der Waals surface area contributed by atoms with E-state index in [-0.39, 0.29) is 12.4 Å². The fraction of sp³-hybridized carbons (Fsp3) is 1.00. The van der Waals surface area contributed by atoms with E-state index in [1.54, 1.807) is 6.92 Å². The molecule has 1 saturated heterocycles. The van der Waals surface area contributed by atoms with Crippen LogP contribution >= 0.6 is 12.4 Å². The van der Waals surface area contributed by atoms with E-state index >= 15 is 0 Å². The van der Waals surface area contributed by atoms with Gasteiger partial charge in [-0.25, -0.2) is 9.44 Å². The normalized spacial score (nSPS) is 21.3. The van der Waals surface area contributed by atoms with Crippen LogP contribution in [0.3, 0.4) is 0 Å². The van der Waals surface area contributed by atoms with Crippen molar-refractivity contribution in [1.82, 2.24) is 14.8 Å². The van der Waals surface area contributed by atoms with Crippen molar-refractivity contribution in [3.63, 3.8) is 0 Å². The Bertz CT molecular complexity index is 253. The molecule has 15 heavy (non-hydrogen) atoms. The number of hydrogen-bond donors (Lipinski definition) is 3. The summed E-state index contributed by atoms with van der Waals surface area (Å²) in [4.78, 5) is 0. The van der Waals surface area contributed by atoms with Crippen LogP contribution < -0.4 is 14.8 Å². The van der Waals surface area contributed by atoms with E-state index in [4.69, 9.17) is 0 Å². The van der Waals surface area contributed by atoms with Gasteiger partial charge in [0, 0.05) is 19.1 Å². The molecule has 0 amide bonds. The van der Waals surface area contributed by atoms with Gasteiger partial charge >= 0.3 is 0 Å². The molecule has 3 N–H and O–H groups in total. The number of rotatable bonds is 6. The molecular formula is C8H20ClN3O2S. The topological polar surface area (TPSA) is 70.2 Å². The Morgan fingerprint density at radius 1 is 1.40 bits per heavy atom. The van der Waals surface area contributed by atoms with E-state index < -0.39 is 10.2 Å². The highest BCUT2D eigenvalue weighted by Crippen LogP contribution is 2.07. The summed E-state index contributed by atoms with van der Waals surface area (Å²) in [7, 11) is -3.25. The molecule has 0 unspecified atom stereocenters. The fourth-order valence-corrected chi connectivity index (χ4v) is 2.48. The summed E-state index contributed by atoms with van der Waals surface area (Å²) in [6, 6.07) is 0.485. The van der Waals surface area contributed by atoms with Crippen LogP contribution in [0.5, 0.6) is 0 Å². The van der Waals surface area contributed by atoms with Crippen molar-refractivity contribution in [1.29, 1.82) is 0 Å². The van der Waals surface area contributed by atoms with Crippen LogP contribution in [-0.2, 0) is 10.2 Å². The van der Waals surface area contributed by atoms with Gasteiger partial charge in [-0.3, -0.25) is 0 Å². The minimum atomic E-state index is -3.25. The first-order chi connectivity index (χ1) is 6.64. The van der Waals surface area contributed by atoms with Crippen LogP contribution in [0.1, 0.15) is 26.2 Å². The Morgan fingerprint density at radius 2 is 2.13 bits per heavy atom. The lowest BCUT2D eigenvalue weighted by Crippen LogP contribution is -2.38. The third-order valence-corrected chi connectivity index (χ3v) is 3.53. The molecule has 5 nitrogen and oxygen atoms in total. The van der Waals surface area contributed by atoms with E-state index in [2.05, 4.69) is 14.8 Å². The molecule has 1 fully saturated rings. The summed E-state index contributed by atoms with van der Waals surface area (Å²) in [5, 5.41) is 3.32. The van der Waals surface area contributed by atoms with Gasteiger partial charge in [0.2, 0.25) is 0 Å². The number of nitrogens with one attached hydrogen (secondary N) is 3. The van der Waals surface area contributed by atoms with Crippen molar-refractivity contribution >= 4 is 22.6 Å². The predicted octanol–water partition coefficient (Wildman–Crippen LogP) is -0.00580. The van der Waals surface area contributed by atoms with E-state index in [9.17, 15) is 8.42 Å². The highest BCUT2D eigenvalue weighted by atomic mass is 35.5. The molecule has 1 heterocycles. The van der Waals surface area contributed by atoms with Crippen molar-refractivity contribution in [2.75, 3.05) is 19.6 Å². The summed E-state index contributed by atoms with van der Waals surface area (Å²) >= 11 is 0. The van der Waals surface area contributed by atoms with Crippen LogP contribution in [0, 0.1) is 0 Å². The van der Waals surface area contributed by atoms with Crippen molar-refractivity contribution in [3.8, 4) is 0 Å². The molecule has 92 valence electrons. The second-order valence-electron chi connectivity index (χ2n) is 3.48. The molecule has 0 aromatic heterocycles. The lowest BCUT2D eigenvalue weighted by atomic mass is 10.2. The van der Waals surface area contributed by atoms with Gasteiger partial charge in [-0.15, -0.1) is 12.4 Å². The van der Waals surface area contributed by atoms with Gasteiger partial charge in [0.1, 0.15) is 0 Å². The van der Waals surface area contributed by atoms with Crippen LogP contribution in [-0.4, -0.2) is 34.1 Å². The summed E-state index contributed by atoms with van der Waals surface area (Å²) in [6.07, 6.45) is 3.22. The third kappa shape index (κ3) is 6.32. The van der Waals surface area contributed by atoms with E-state index in [0.717, 1.165) is 19.4 Å². The average Bonchev–Trinajstić information content (AvgIpc) is 2.56. The molecule has 1 aliphatic heterocycles.